The number of hydrogen-bond donors (Lipinski definition) is 1. The number of amides is 1. The zero-order chi connectivity index (χ0) is 19.8. The van der Waals surface area contributed by atoms with Crippen LogP contribution in [-0.2, 0) is 6.54 Å². The van der Waals surface area contributed by atoms with Crippen LogP contribution in [-0.4, -0.2) is 35.9 Å². The molecule has 0 aliphatic carbocycles. The summed E-state index contributed by atoms with van der Waals surface area (Å²) < 4.78 is 1.19. The highest BCUT2D eigenvalue weighted by Crippen LogP contribution is 2.40. The fraction of sp³-hybridized carbons (Fsp3) is 0.250. The highest BCUT2D eigenvalue weighted by Gasteiger charge is 2.30. The van der Waals surface area contributed by atoms with Gasteiger partial charge in [-0.15, -0.1) is 11.3 Å². The molecular formula is C24H23N3OS. The molecule has 0 bridgehead atoms. The lowest BCUT2D eigenvalue weighted by Crippen LogP contribution is -2.21. The van der Waals surface area contributed by atoms with Crippen molar-refractivity contribution in [3.8, 4) is 0 Å². The van der Waals surface area contributed by atoms with Gasteiger partial charge >= 0.3 is 0 Å². The van der Waals surface area contributed by atoms with Crippen molar-refractivity contribution >= 4 is 38.2 Å². The number of hydrogen-bond acceptors (Lipinski definition) is 4. The van der Waals surface area contributed by atoms with Gasteiger partial charge in [0, 0.05) is 42.3 Å². The van der Waals surface area contributed by atoms with Gasteiger partial charge in [-0.3, -0.25) is 14.7 Å². The first-order valence-corrected chi connectivity index (χ1v) is 10.8. The minimum absolute atomic E-state index is 0.0258. The molecule has 1 aliphatic rings. The van der Waals surface area contributed by atoms with E-state index in [1.54, 1.807) is 18.4 Å². The van der Waals surface area contributed by atoms with Crippen LogP contribution in [0, 0.1) is 0 Å². The van der Waals surface area contributed by atoms with E-state index < -0.39 is 0 Å². The Kier molecular flexibility index (Phi) is 4.78. The van der Waals surface area contributed by atoms with Crippen molar-refractivity contribution in [2.75, 3.05) is 20.1 Å². The molecule has 1 atom stereocenters. The minimum atomic E-state index is 0.0258. The lowest BCUT2D eigenvalue weighted by molar-refractivity contribution is 0.0966. The Hall–Kier alpha value is -2.76. The van der Waals surface area contributed by atoms with Gasteiger partial charge in [-0.05, 0) is 41.6 Å². The molecule has 0 unspecified atom stereocenters. The first-order chi connectivity index (χ1) is 14.2. The zero-order valence-corrected chi connectivity index (χ0v) is 17.2. The number of nitrogens with zero attached hydrogens (tertiary/aromatic N) is 2. The van der Waals surface area contributed by atoms with Crippen molar-refractivity contribution in [2.24, 2.45) is 0 Å². The van der Waals surface area contributed by atoms with Gasteiger partial charge in [0.15, 0.2) is 0 Å². The molecule has 4 aromatic rings. The molecule has 1 amide bonds. The highest BCUT2D eigenvalue weighted by atomic mass is 32.1. The number of benzene rings is 2. The number of carbonyl (C=O) groups is 1. The Morgan fingerprint density at radius 2 is 2.03 bits per heavy atom. The smallest absolute Gasteiger partial charge is 0.261 e. The summed E-state index contributed by atoms with van der Waals surface area (Å²) in [6.07, 6.45) is 2.94. The number of carbonyl (C=O) groups excluding carboxylic acids is 1. The number of likely N-dealkylation sites (tertiary alicyclic amines) is 1. The molecular weight excluding hydrogens is 378 g/mol. The van der Waals surface area contributed by atoms with E-state index in [0.717, 1.165) is 36.4 Å². The van der Waals surface area contributed by atoms with Crippen LogP contribution in [0.4, 0.5) is 0 Å². The monoisotopic (exact) mass is 401 g/mol. The fourth-order valence-corrected chi connectivity index (χ4v) is 5.74. The molecule has 1 fully saturated rings. The third-order valence-electron chi connectivity index (χ3n) is 5.86. The highest BCUT2D eigenvalue weighted by molar-refractivity contribution is 7.21. The van der Waals surface area contributed by atoms with Gasteiger partial charge in [0.2, 0.25) is 0 Å². The molecule has 0 saturated carbocycles. The number of pyridine rings is 1. The number of fused-ring (bicyclic) bond motifs is 2. The van der Waals surface area contributed by atoms with Crippen molar-refractivity contribution < 1.29 is 4.79 Å². The number of thiophene rings is 1. The first-order valence-electron chi connectivity index (χ1n) is 10.0. The average Bonchev–Trinajstić information content (AvgIpc) is 3.37. The second-order valence-corrected chi connectivity index (χ2v) is 8.69. The number of para-hydroxylation sites is 1. The molecule has 5 rings (SSSR count). The molecule has 0 spiro atoms. The van der Waals surface area contributed by atoms with Crippen LogP contribution in [0.3, 0.4) is 0 Å². The minimum Gasteiger partial charge on any atom is -0.354 e. The average molecular weight is 402 g/mol. The van der Waals surface area contributed by atoms with Gasteiger partial charge in [-0.25, -0.2) is 0 Å². The van der Waals surface area contributed by atoms with E-state index in [1.807, 2.05) is 18.3 Å². The van der Waals surface area contributed by atoms with E-state index in [1.165, 1.54) is 26.6 Å². The Morgan fingerprint density at radius 1 is 1.17 bits per heavy atom. The standard InChI is InChI=1S/C24H23N3OS/c1-25-24(28)23-21(19-9-2-3-10-20(19)29-23)17-11-13-27(14-17)15-18-7-4-6-16-8-5-12-26-22(16)18/h2-10,12,17H,11,13-15H2,1H3,(H,25,28)/t17-/m0/s1. The van der Waals surface area contributed by atoms with E-state index in [0.29, 0.717) is 5.92 Å². The second-order valence-electron chi connectivity index (χ2n) is 7.63. The maximum Gasteiger partial charge on any atom is 0.261 e. The molecule has 0 radical (unpaired) electrons. The second kappa shape index (κ2) is 7.58. The maximum atomic E-state index is 12.6. The normalized spacial score (nSPS) is 17.2. The van der Waals surface area contributed by atoms with Crippen LogP contribution >= 0.6 is 11.3 Å². The quantitative estimate of drug-likeness (QED) is 0.534. The van der Waals surface area contributed by atoms with Gasteiger partial charge in [0.25, 0.3) is 5.91 Å². The van der Waals surface area contributed by atoms with Crippen LogP contribution in [0.1, 0.15) is 33.1 Å². The van der Waals surface area contributed by atoms with Gasteiger partial charge in [0.05, 0.1) is 10.4 Å². The predicted molar refractivity (Wildman–Crippen MR) is 120 cm³/mol. The fourth-order valence-electron chi connectivity index (χ4n) is 4.50. The summed E-state index contributed by atoms with van der Waals surface area (Å²) in [5, 5.41) is 5.24. The van der Waals surface area contributed by atoms with E-state index in [9.17, 15) is 4.79 Å². The Balaban J connectivity index is 1.45. The molecule has 29 heavy (non-hydrogen) atoms. The molecule has 2 aromatic heterocycles. The molecule has 1 saturated heterocycles. The maximum absolute atomic E-state index is 12.6. The lowest BCUT2D eigenvalue weighted by Gasteiger charge is -2.17. The third-order valence-corrected chi connectivity index (χ3v) is 7.04. The third kappa shape index (κ3) is 3.30. The van der Waals surface area contributed by atoms with E-state index >= 15 is 0 Å². The summed E-state index contributed by atoms with van der Waals surface area (Å²) in [6.45, 7) is 2.89. The van der Waals surface area contributed by atoms with E-state index in [-0.39, 0.29) is 5.91 Å². The molecule has 1 aliphatic heterocycles. The van der Waals surface area contributed by atoms with Crippen molar-refractivity contribution in [2.45, 2.75) is 18.9 Å². The molecule has 5 heteroatoms. The SMILES string of the molecule is CNC(=O)c1sc2ccccc2c1[C@H]1CCN(Cc2cccc3cccnc23)C1. The van der Waals surface area contributed by atoms with Gasteiger partial charge in [-0.1, -0.05) is 42.5 Å². The Bertz CT molecular complexity index is 1190. The number of aromatic nitrogens is 1. The van der Waals surface area contributed by atoms with Crippen molar-refractivity contribution in [3.05, 3.63) is 76.8 Å². The molecule has 3 heterocycles. The van der Waals surface area contributed by atoms with Crippen LogP contribution in [0.2, 0.25) is 0 Å². The molecule has 146 valence electrons. The van der Waals surface area contributed by atoms with Crippen molar-refractivity contribution in [3.63, 3.8) is 0 Å². The van der Waals surface area contributed by atoms with Crippen LogP contribution in [0.15, 0.2) is 60.8 Å². The van der Waals surface area contributed by atoms with Crippen LogP contribution < -0.4 is 5.32 Å². The summed E-state index contributed by atoms with van der Waals surface area (Å²) >= 11 is 1.61. The van der Waals surface area contributed by atoms with Gasteiger partial charge < -0.3 is 5.32 Å². The Labute approximate surface area is 174 Å². The Morgan fingerprint density at radius 3 is 2.93 bits per heavy atom. The van der Waals surface area contributed by atoms with Gasteiger partial charge in [0.1, 0.15) is 0 Å². The largest absolute Gasteiger partial charge is 0.354 e. The molecule has 1 N–H and O–H groups in total. The summed E-state index contributed by atoms with van der Waals surface area (Å²) in [5.74, 6) is 0.402. The van der Waals surface area contributed by atoms with Crippen LogP contribution in [0.25, 0.3) is 21.0 Å². The summed E-state index contributed by atoms with van der Waals surface area (Å²) in [5.41, 5.74) is 3.58. The number of nitrogens with one attached hydrogen (secondary N) is 1. The number of rotatable bonds is 4. The summed E-state index contributed by atoms with van der Waals surface area (Å²) in [7, 11) is 1.71. The van der Waals surface area contributed by atoms with Gasteiger partial charge in [-0.2, -0.15) is 0 Å². The summed E-state index contributed by atoms with van der Waals surface area (Å²) in [4.78, 5) is 20.5. The van der Waals surface area contributed by atoms with Crippen molar-refractivity contribution in [1.82, 2.24) is 15.2 Å². The lowest BCUT2D eigenvalue weighted by atomic mass is 9.95. The first kappa shape index (κ1) is 18.3. The van der Waals surface area contributed by atoms with Crippen LogP contribution in [0.5, 0.6) is 0 Å². The van der Waals surface area contributed by atoms with Crippen molar-refractivity contribution in [1.29, 1.82) is 0 Å². The van der Waals surface area contributed by atoms with E-state index in [2.05, 4.69) is 57.7 Å². The molecule has 4 nitrogen and oxygen atoms in total. The summed E-state index contributed by atoms with van der Waals surface area (Å²) in [6, 6.07) is 18.9. The zero-order valence-electron chi connectivity index (χ0n) is 16.4. The topological polar surface area (TPSA) is 45.2 Å². The predicted octanol–water partition coefficient (Wildman–Crippen LogP) is 4.80. The van der Waals surface area contributed by atoms with E-state index in [4.69, 9.17) is 0 Å². The molecule has 2 aromatic carbocycles.